The monoisotopic (exact) mass is 216 g/mol. The molecule has 0 fully saturated rings. The first-order chi connectivity index (χ1) is 7.08. The smallest absolute Gasteiger partial charge is 0.435 e. The first-order valence-corrected chi connectivity index (χ1v) is 4.48. The minimum absolute atomic E-state index is 0.0786. The summed E-state index contributed by atoms with van der Waals surface area (Å²) in [6, 6.07) is 6.16. The molecule has 1 aromatic carbocycles. The van der Waals surface area contributed by atoms with Crippen LogP contribution in [0, 0.1) is 0 Å². The van der Waals surface area contributed by atoms with E-state index in [1.807, 2.05) is 0 Å². The van der Waals surface area contributed by atoms with Gasteiger partial charge in [0.15, 0.2) is 0 Å². The predicted octanol–water partition coefficient (Wildman–Crippen LogP) is 1.30. The van der Waals surface area contributed by atoms with Gasteiger partial charge in [-0.25, -0.2) is 0 Å². The van der Waals surface area contributed by atoms with Crippen molar-refractivity contribution in [1.29, 1.82) is 0 Å². The molecule has 0 bridgehead atoms. The summed E-state index contributed by atoms with van der Waals surface area (Å²) in [5, 5.41) is 17.3. The normalized spacial score (nSPS) is 10.5. The topological polar surface area (TPSA) is 49.7 Å². The van der Waals surface area contributed by atoms with Crippen molar-refractivity contribution in [3.63, 3.8) is 0 Å². The lowest BCUT2D eigenvalue weighted by molar-refractivity contribution is -0.0498. The van der Waals surface area contributed by atoms with Crippen LogP contribution in [-0.2, 0) is 6.42 Å². The second-order valence-electron chi connectivity index (χ2n) is 3.05. The second-order valence-corrected chi connectivity index (χ2v) is 3.05. The molecular weight excluding hydrogens is 205 g/mol. The number of rotatable bonds is 5. The molecule has 2 N–H and O–H groups in total. The van der Waals surface area contributed by atoms with Crippen molar-refractivity contribution in [3.8, 4) is 5.75 Å². The van der Waals surface area contributed by atoms with Gasteiger partial charge in [0.2, 0.25) is 0 Å². The van der Waals surface area contributed by atoms with E-state index in [1.165, 1.54) is 12.1 Å². The van der Waals surface area contributed by atoms with Crippen molar-refractivity contribution in [2.75, 3.05) is 0 Å². The Morgan fingerprint density at radius 3 is 2.67 bits per heavy atom. The average molecular weight is 216 g/mol. The Hall–Kier alpha value is -1.14. The van der Waals surface area contributed by atoms with Gasteiger partial charge in [-0.15, -0.1) is 0 Å². The van der Waals surface area contributed by atoms with Crippen LogP contribution < -0.4 is 4.74 Å². The minimum atomic E-state index is -2.84. The Balaban J connectivity index is 2.57. The fourth-order valence-electron chi connectivity index (χ4n) is 1.17. The molecule has 0 amide bonds. The lowest BCUT2D eigenvalue weighted by Crippen LogP contribution is -2.11. The Kier molecular flexibility index (Phi) is 4.52. The highest BCUT2D eigenvalue weighted by molar-refractivity contribution is 6.40. The van der Waals surface area contributed by atoms with Gasteiger partial charge in [-0.1, -0.05) is 12.1 Å². The zero-order valence-electron chi connectivity index (χ0n) is 7.94. The minimum Gasteiger partial charge on any atom is -0.435 e. The molecule has 6 heteroatoms. The molecule has 0 aliphatic rings. The van der Waals surface area contributed by atoms with Gasteiger partial charge >= 0.3 is 13.7 Å². The molecule has 82 valence electrons. The fourth-order valence-corrected chi connectivity index (χ4v) is 1.17. The number of hydrogen-bond donors (Lipinski definition) is 2. The molecule has 0 aliphatic carbocycles. The number of benzene rings is 1. The molecule has 0 atom stereocenters. The summed E-state index contributed by atoms with van der Waals surface area (Å²) in [6.45, 7) is -2.84. The van der Waals surface area contributed by atoms with Crippen molar-refractivity contribution < 1.29 is 23.6 Å². The molecule has 0 heterocycles. The molecule has 1 aromatic rings. The largest absolute Gasteiger partial charge is 0.451 e. The quantitative estimate of drug-likeness (QED) is 0.729. The molecule has 0 unspecified atom stereocenters. The SMILES string of the molecule is OB(O)CCc1cccc(OC(F)F)c1. The summed E-state index contributed by atoms with van der Waals surface area (Å²) in [4.78, 5) is 0. The lowest BCUT2D eigenvalue weighted by Gasteiger charge is -2.06. The molecule has 0 saturated carbocycles. The van der Waals surface area contributed by atoms with E-state index in [0.717, 1.165) is 5.56 Å². The first-order valence-electron chi connectivity index (χ1n) is 4.48. The van der Waals surface area contributed by atoms with Crippen LogP contribution in [0.5, 0.6) is 5.75 Å². The van der Waals surface area contributed by atoms with Gasteiger partial charge in [0.25, 0.3) is 0 Å². The number of aryl methyl sites for hydroxylation is 1. The maximum Gasteiger partial charge on any atom is 0.451 e. The van der Waals surface area contributed by atoms with Crippen molar-refractivity contribution >= 4 is 7.12 Å². The van der Waals surface area contributed by atoms with Gasteiger partial charge in [-0.05, 0) is 30.4 Å². The predicted molar refractivity (Wildman–Crippen MR) is 51.8 cm³/mol. The second kappa shape index (κ2) is 5.67. The molecule has 0 radical (unpaired) electrons. The van der Waals surface area contributed by atoms with Crippen LogP contribution in [0.4, 0.5) is 8.78 Å². The molecule has 1 rings (SSSR count). The standard InChI is InChI=1S/C9H11BF2O3/c11-9(12)15-8-3-1-2-7(6-8)4-5-10(13)14/h1-3,6,9,13-14H,4-5H2. The van der Waals surface area contributed by atoms with E-state index in [0.29, 0.717) is 6.42 Å². The van der Waals surface area contributed by atoms with Crippen LogP contribution in [0.3, 0.4) is 0 Å². The Bertz CT molecular complexity index is 307. The maximum atomic E-state index is 11.9. The van der Waals surface area contributed by atoms with Gasteiger partial charge in [-0.2, -0.15) is 8.78 Å². The van der Waals surface area contributed by atoms with Gasteiger partial charge in [0.05, 0.1) is 0 Å². The summed E-state index contributed by atoms with van der Waals surface area (Å²) < 4.78 is 27.9. The number of alkyl halides is 2. The Labute approximate surface area is 86.5 Å². The molecule has 0 saturated heterocycles. The Morgan fingerprint density at radius 1 is 1.33 bits per heavy atom. The third kappa shape index (κ3) is 4.76. The highest BCUT2D eigenvalue weighted by Gasteiger charge is 2.08. The first kappa shape index (κ1) is 11.9. The highest BCUT2D eigenvalue weighted by Crippen LogP contribution is 2.17. The lowest BCUT2D eigenvalue weighted by atomic mass is 9.83. The molecule has 0 aromatic heterocycles. The van der Waals surface area contributed by atoms with Crippen molar-refractivity contribution in [3.05, 3.63) is 29.8 Å². The number of ether oxygens (including phenoxy) is 1. The van der Waals surface area contributed by atoms with Crippen LogP contribution >= 0.6 is 0 Å². The van der Waals surface area contributed by atoms with Gasteiger partial charge < -0.3 is 14.8 Å². The van der Waals surface area contributed by atoms with E-state index >= 15 is 0 Å². The summed E-state index contributed by atoms with van der Waals surface area (Å²) >= 11 is 0. The van der Waals surface area contributed by atoms with Crippen LogP contribution in [0.25, 0.3) is 0 Å². The summed E-state index contributed by atoms with van der Waals surface area (Å²) in [5.41, 5.74) is 0.723. The molecular formula is C9H11BF2O3. The Morgan fingerprint density at radius 2 is 2.07 bits per heavy atom. The zero-order chi connectivity index (χ0) is 11.3. The maximum absolute atomic E-state index is 11.9. The highest BCUT2D eigenvalue weighted by atomic mass is 19.3. The number of hydrogen-bond acceptors (Lipinski definition) is 3. The zero-order valence-corrected chi connectivity index (χ0v) is 7.94. The van der Waals surface area contributed by atoms with Gasteiger partial charge in [0, 0.05) is 0 Å². The van der Waals surface area contributed by atoms with Crippen molar-refractivity contribution in [2.24, 2.45) is 0 Å². The summed E-state index contributed by atoms with van der Waals surface area (Å²) in [6.07, 6.45) is 0.566. The van der Waals surface area contributed by atoms with Crippen LogP contribution in [0.2, 0.25) is 6.32 Å². The van der Waals surface area contributed by atoms with Crippen LogP contribution in [0.15, 0.2) is 24.3 Å². The van der Waals surface area contributed by atoms with E-state index in [2.05, 4.69) is 4.74 Å². The van der Waals surface area contributed by atoms with Crippen LogP contribution in [0.1, 0.15) is 5.56 Å². The van der Waals surface area contributed by atoms with Crippen molar-refractivity contribution in [2.45, 2.75) is 19.4 Å². The average Bonchev–Trinajstić information content (AvgIpc) is 2.14. The van der Waals surface area contributed by atoms with Gasteiger partial charge in [0.1, 0.15) is 5.75 Å². The van der Waals surface area contributed by atoms with E-state index < -0.39 is 13.7 Å². The van der Waals surface area contributed by atoms with Crippen LogP contribution in [-0.4, -0.2) is 23.8 Å². The third-order valence-electron chi connectivity index (χ3n) is 1.81. The molecule has 0 spiro atoms. The van der Waals surface area contributed by atoms with E-state index in [9.17, 15) is 8.78 Å². The van der Waals surface area contributed by atoms with E-state index in [4.69, 9.17) is 10.0 Å². The fraction of sp³-hybridized carbons (Fsp3) is 0.333. The van der Waals surface area contributed by atoms with E-state index in [1.54, 1.807) is 12.1 Å². The summed E-state index contributed by atoms with van der Waals surface area (Å²) in [5.74, 6) is 0.0786. The third-order valence-corrected chi connectivity index (χ3v) is 1.81. The molecule has 15 heavy (non-hydrogen) atoms. The molecule has 3 nitrogen and oxygen atoms in total. The van der Waals surface area contributed by atoms with E-state index in [-0.39, 0.29) is 12.1 Å². The number of halogens is 2. The van der Waals surface area contributed by atoms with Crippen molar-refractivity contribution in [1.82, 2.24) is 0 Å². The summed E-state index contributed by atoms with van der Waals surface area (Å²) in [7, 11) is -1.38. The van der Waals surface area contributed by atoms with Gasteiger partial charge in [-0.3, -0.25) is 0 Å². The molecule has 0 aliphatic heterocycles.